The van der Waals surface area contributed by atoms with Crippen molar-refractivity contribution in [2.24, 2.45) is 0 Å². The number of aryl methyl sites for hydroxylation is 5. The highest BCUT2D eigenvalue weighted by atomic mass is 15.0. The molecule has 9 aromatic carbocycles. The molecule has 0 aliphatic heterocycles. The highest BCUT2D eigenvalue weighted by Crippen LogP contribution is 2.39. The molecule has 0 aliphatic carbocycles. The predicted octanol–water partition coefficient (Wildman–Crippen LogP) is 21.8. The van der Waals surface area contributed by atoms with Crippen molar-refractivity contribution in [3.63, 3.8) is 0 Å². The van der Waals surface area contributed by atoms with Crippen LogP contribution in [-0.2, 0) is 0 Å². The third-order valence-electron chi connectivity index (χ3n) is 18.6. The van der Waals surface area contributed by atoms with E-state index in [0.29, 0.717) is 40.7 Å². The first-order valence-corrected chi connectivity index (χ1v) is 34.8. The van der Waals surface area contributed by atoms with Crippen LogP contribution >= 0.6 is 0 Å². The molecule has 0 amide bonds. The Labute approximate surface area is 602 Å². The minimum absolute atomic E-state index is 0.348. The summed E-state index contributed by atoms with van der Waals surface area (Å²) >= 11 is 0. The van der Waals surface area contributed by atoms with Gasteiger partial charge < -0.3 is 0 Å². The van der Waals surface area contributed by atoms with Crippen molar-refractivity contribution in [1.29, 1.82) is 0 Å². The average molecular weight is 1340 g/mol. The van der Waals surface area contributed by atoms with Crippen molar-refractivity contribution in [2.75, 3.05) is 0 Å². The van der Waals surface area contributed by atoms with E-state index in [1.807, 2.05) is 154 Å². The van der Waals surface area contributed by atoms with E-state index in [1.54, 1.807) is 18.6 Å². The van der Waals surface area contributed by atoms with Crippen molar-refractivity contribution >= 4 is 65.0 Å². The monoisotopic (exact) mass is 1340 g/mol. The minimum Gasteiger partial charge on any atom is -0.255 e. The molecule has 0 atom stereocenters. The van der Waals surface area contributed by atoms with Gasteiger partial charge in [-0.05, 0) is 177 Å². The second-order valence-corrected chi connectivity index (χ2v) is 26.3. The van der Waals surface area contributed by atoms with Gasteiger partial charge in [-0.3, -0.25) is 29.9 Å². The average Bonchev–Trinajstić information content (AvgIpc) is 0.777. The van der Waals surface area contributed by atoms with Crippen LogP contribution in [-0.4, -0.2) is 64.8 Å². The molecule has 0 fully saturated rings. The third kappa shape index (κ3) is 13.5. The molecule has 9 heterocycles. The first-order valence-electron chi connectivity index (χ1n) is 34.8. The second kappa shape index (κ2) is 28.3. The molecule has 0 unspecified atom stereocenters. The van der Waals surface area contributed by atoms with E-state index in [9.17, 15) is 0 Å². The number of fused-ring (bicyclic) bond motifs is 9. The van der Waals surface area contributed by atoms with Crippen LogP contribution in [0.4, 0.5) is 0 Å². The second-order valence-electron chi connectivity index (χ2n) is 26.3. The fourth-order valence-electron chi connectivity index (χ4n) is 13.4. The number of pyridine rings is 6. The normalized spacial score (nSPS) is 11.3. The summed E-state index contributed by atoms with van der Waals surface area (Å²) in [6, 6.07) is 90.6. The summed E-state index contributed by atoms with van der Waals surface area (Å²) in [6.45, 7) is 14.8. The molecule has 104 heavy (non-hydrogen) atoms. The molecule has 9 aromatic heterocycles. The molecule has 0 spiro atoms. The largest absolute Gasteiger partial charge is 0.255 e. The summed E-state index contributed by atoms with van der Waals surface area (Å²) in [6.07, 6.45) is 5.32. The zero-order valence-corrected chi connectivity index (χ0v) is 58.5. The lowest BCUT2D eigenvalue weighted by Gasteiger charge is -2.16. The van der Waals surface area contributed by atoms with E-state index in [2.05, 4.69) is 176 Å². The van der Waals surface area contributed by atoms with Crippen LogP contribution in [0.1, 0.15) is 53.5 Å². The number of rotatable bonds is 10. The maximum absolute atomic E-state index is 5.01. The molecule has 18 rings (SSSR count). The Morgan fingerprint density at radius 2 is 0.567 bits per heavy atom. The van der Waals surface area contributed by atoms with Crippen LogP contribution in [0.3, 0.4) is 0 Å². The van der Waals surface area contributed by atoms with E-state index in [0.717, 1.165) is 139 Å². The van der Waals surface area contributed by atoms with Crippen molar-refractivity contribution < 1.29 is 0 Å². The maximum atomic E-state index is 5.01. The summed E-state index contributed by atoms with van der Waals surface area (Å²) in [5.41, 5.74) is 21.3. The quantitative estimate of drug-likeness (QED) is 0.119. The van der Waals surface area contributed by atoms with Gasteiger partial charge in [-0.1, -0.05) is 178 Å². The molecule has 13 heteroatoms. The Balaban J connectivity index is 0.000000120. The molecule has 0 saturated heterocycles. The van der Waals surface area contributed by atoms with Gasteiger partial charge in [0, 0.05) is 101 Å². The first-order chi connectivity index (χ1) is 50.9. The lowest BCUT2D eigenvalue weighted by atomic mass is 9.91. The fraction of sp³-hybridized carbons (Fsp3) is 0.0879. The number of nitrogens with zero attached hydrogens (tertiary/aromatic N) is 13. The molecule has 0 aliphatic rings. The van der Waals surface area contributed by atoms with Crippen molar-refractivity contribution in [3.05, 3.63) is 319 Å². The van der Waals surface area contributed by atoms with Crippen LogP contribution in [0, 0.1) is 34.6 Å². The summed E-state index contributed by atoms with van der Waals surface area (Å²) in [4.78, 5) is 62.5. The fourth-order valence-corrected chi connectivity index (χ4v) is 13.4. The number of aromatic nitrogens is 13. The van der Waals surface area contributed by atoms with Gasteiger partial charge in [-0.25, -0.2) is 34.9 Å². The molecule has 498 valence electrons. The van der Waals surface area contributed by atoms with Gasteiger partial charge in [-0.15, -0.1) is 0 Å². The van der Waals surface area contributed by atoms with Gasteiger partial charge in [-0.2, -0.15) is 0 Å². The van der Waals surface area contributed by atoms with Crippen LogP contribution in [0.15, 0.2) is 286 Å². The Bertz CT molecular complexity index is 5820. The van der Waals surface area contributed by atoms with Crippen LogP contribution in [0.2, 0.25) is 0 Å². The third-order valence-corrected chi connectivity index (χ3v) is 18.6. The topological polar surface area (TPSA) is 168 Å². The van der Waals surface area contributed by atoms with Crippen LogP contribution < -0.4 is 0 Å². The highest BCUT2D eigenvalue weighted by molar-refractivity contribution is 6.10. The van der Waals surface area contributed by atoms with Crippen molar-refractivity contribution in [2.45, 2.75) is 54.4 Å². The zero-order valence-electron chi connectivity index (χ0n) is 58.5. The van der Waals surface area contributed by atoms with Gasteiger partial charge in [0.2, 0.25) is 0 Å². The van der Waals surface area contributed by atoms with Crippen molar-refractivity contribution in [1.82, 2.24) is 64.8 Å². The Morgan fingerprint density at radius 3 is 1.03 bits per heavy atom. The molecule has 0 N–H and O–H groups in total. The summed E-state index contributed by atoms with van der Waals surface area (Å²) in [5.74, 6) is 3.43. The standard InChI is InChI=1S/C32H26N4.C30H22N4.C29H21N5/c1-20(2)26-17-24(18-27-25(26)15-14-23-13-12-21(3)34-31(23)27)30-19-29(22-9-5-4-6-10-22)35-32(36-30)28-11-7-8-16-33-28;1-19-16-23(17-25-24(19)14-13-22-12-11-20(2)32-29(22)25)30-33-27(21-8-4-3-5-9-21)18-28(34-30)26-10-6-7-15-31-26;1-18-16-22(17-24-23(18)14-13-20-12-11-19(2)31-26(20)24)28-32-27(21-8-4-3-5-9-21)33-29(34-28)25-10-6-7-15-30-25/h4-20H,1-3H3;3-18H,1-2H3;3-17H,1-2H3. The Kier molecular flexibility index (Phi) is 17.8. The highest BCUT2D eigenvalue weighted by Gasteiger charge is 2.20. The molecule has 13 nitrogen and oxygen atoms in total. The van der Waals surface area contributed by atoms with Crippen LogP contribution in [0.5, 0.6) is 0 Å². The summed E-state index contributed by atoms with van der Waals surface area (Å²) in [5, 5.41) is 10.4. The maximum Gasteiger partial charge on any atom is 0.182 e. The van der Waals surface area contributed by atoms with E-state index >= 15 is 0 Å². The SMILES string of the molecule is Cc1ccc2ccc3c(C(C)C)cc(-c4cc(-c5ccccc5)nc(-c5ccccn5)n4)cc3c2n1.Cc1ccc2ccc3c(C)cc(-c4nc(-c5ccccc5)cc(-c5ccccn5)n4)cc3c2n1.Cc1ccc2ccc3c(C)cc(-c4nc(-c5ccccc5)nc(-c5ccccn5)n4)cc3c2n1. The molecule has 18 aromatic rings. The van der Waals surface area contributed by atoms with E-state index < -0.39 is 0 Å². The summed E-state index contributed by atoms with van der Waals surface area (Å²) < 4.78 is 0. The number of hydrogen-bond donors (Lipinski definition) is 0. The van der Waals surface area contributed by atoms with Gasteiger partial charge in [0.15, 0.2) is 29.1 Å². The van der Waals surface area contributed by atoms with E-state index in [4.69, 9.17) is 49.8 Å². The lowest BCUT2D eigenvalue weighted by Crippen LogP contribution is -2.01. The molecule has 0 radical (unpaired) electrons. The molecule has 0 bridgehead atoms. The summed E-state index contributed by atoms with van der Waals surface area (Å²) in [7, 11) is 0. The van der Waals surface area contributed by atoms with Gasteiger partial charge in [0.1, 0.15) is 11.4 Å². The van der Waals surface area contributed by atoms with Gasteiger partial charge >= 0.3 is 0 Å². The van der Waals surface area contributed by atoms with E-state index in [-0.39, 0.29) is 0 Å². The van der Waals surface area contributed by atoms with Crippen molar-refractivity contribution in [3.8, 4) is 102 Å². The zero-order chi connectivity index (χ0) is 70.8. The Hall–Kier alpha value is -13.4. The predicted molar refractivity (Wildman–Crippen MR) is 422 cm³/mol. The minimum atomic E-state index is 0.348. The first kappa shape index (κ1) is 65.2. The van der Waals surface area contributed by atoms with E-state index in [1.165, 1.54) is 27.3 Å². The van der Waals surface area contributed by atoms with Crippen LogP contribution in [0.25, 0.3) is 167 Å². The molecular weight excluding hydrogens is 1280 g/mol. The molecule has 0 saturated carbocycles. The smallest absolute Gasteiger partial charge is 0.182 e. The molecular formula is C91H69N13. The lowest BCUT2D eigenvalue weighted by molar-refractivity contribution is 0.876. The van der Waals surface area contributed by atoms with Gasteiger partial charge in [0.05, 0.1) is 45.0 Å². The Morgan fingerprint density at radius 1 is 0.221 bits per heavy atom. The number of benzene rings is 9. The van der Waals surface area contributed by atoms with Gasteiger partial charge in [0.25, 0.3) is 0 Å². The number of hydrogen-bond acceptors (Lipinski definition) is 13.